The van der Waals surface area contributed by atoms with Crippen molar-refractivity contribution in [1.29, 1.82) is 0 Å². The summed E-state index contributed by atoms with van der Waals surface area (Å²) in [5, 5.41) is 9.30. The molecule has 5 nitrogen and oxygen atoms in total. The number of hydrogen-bond acceptors (Lipinski definition) is 3. The number of para-hydroxylation sites is 2. The van der Waals surface area contributed by atoms with E-state index >= 15 is 0 Å². The van der Waals surface area contributed by atoms with E-state index in [1.807, 2.05) is 30.3 Å². The summed E-state index contributed by atoms with van der Waals surface area (Å²) >= 11 is 5.21. The summed E-state index contributed by atoms with van der Waals surface area (Å²) in [6.45, 7) is 0. The largest absolute Gasteiger partial charge is 0.323 e. The lowest BCUT2D eigenvalue weighted by atomic mass is 10.2. The van der Waals surface area contributed by atoms with Gasteiger partial charge in [0.25, 0.3) is 0 Å². The third-order valence-corrected chi connectivity index (χ3v) is 3.50. The fourth-order valence-electron chi connectivity index (χ4n) is 2.19. The van der Waals surface area contributed by atoms with Crippen LogP contribution in [-0.2, 0) is 11.2 Å². The normalized spacial score (nSPS) is 10.5. The maximum absolute atomic E-state index is 13.6. The Morgan fingerprint density at radius 1 is 1.17 bits per heavy atom. The molecule has 116 valence electrons. The summed E-state index contributed by atoms with van der Waals surface area (Å²) < 4.78 is 15.6. The number of anilines is 1. The maximum Gasteiger partial charge on any atom is 0.232 e. The Kier molecular flexibility index (Phi) is 4.29. The van der Waals surface area contributed by atoms with Crippen LogP contribution in [0, 0.1) is 10.6 Å². The van der Waals surface area contributed by atoms with Crippen LogP contribution in [0.25, 0.3) is 5.69 Å². The molecule has 3 rings (SSSR count). The van der Waals surface area contributed by atoms with E-state index in [-0.39, 0.29) is 18.0 Å². The average Bonchev–Trinajstić information content (AvgIpc) is 2.91. The van der Waals surface area contributed by atoms with E-state index in [1.165, 1.54) is 12.1 Å². The van der Waals surface area contributed by atoms with Crippen LogP contribution >= 0.6 is 12.2 Å². The Morgan fingerprint density at radius 3 is 2.61 bits per heavy atom. The Hall–Kier alpha value is -2.80. The first-order valence-electron chi connectivity index (χ1n) is 6.91. The predicted molar refractivity (Wildman–Crippen MR) is 87.5 cm³/mol. The van der Waals surface area contributed by atoms with Gasteiger partial charge in [0.1, 0.15) is 11.6 Å². The van der Waals surface area contributed by atoms with E-state index < -0.39 is 5.82 Å². The van der Waals surface area contributed by atoms with Gasteiger partial charge in [0.05, 0.1) is 12.1 Å². The van der Waals surface area contributed by atoms with E-state index in [0.29, 0.717) is 10.6 Å². The van der Waals surface area contributed by atoms with Crippen molar-refractivity contribution in [1.82, 2.24) is 14.8 Å². The van der Waals surface area contributed by atoms with Crippen LogP contribution in [0.3, 0.4) is 0 Å². The molecule has 0 atom stereocenters. The summed E-state index contributed by atoms with van der Waals surface area (Å²) in [6.07, 6.45) is -0.0314. The Balaban J connectivity index is 1.83. The van der Waals surface area contributed by atoms with Crippen LogP contribution in [0.4, 0.5) is 10.1 Å². The van der Waals surface area contributed by atoms with Crippen molar-refractivity contribution >= 4 is 23.8 Å². The van der Waals surface area contributed by atoms with E-state index in [1.54, 1.807) is 16.7 Å². The van der Waals surface area contributed by atoms with Gasteiger partial charge in [0, 0.05) is 5.69 Å². The molecule has 2 aromatic carbocycles. The quantitative estimate of drug-likeness (QED) is 0.723. The lowest BCUT2D eigenvalue weighted by molar-refractivity contribution is -0.115. The second kappa shape index (κ2) is 6.53. The van der Waals surface area contributed by atoms with Crippen LogP contribution in [0.15, 0.2) is 54.6 Å². The third kappa shape index (κ3) is 3.35. The number of benzene rings is 2. The highest BCUT2D eigenvalue weighted by Gasteiger charge is 2.14. The molecule has 1 heterocycles. The summed E-state index contributed by atoms with van der Waals surface area (Å²) in [4.78, 5) is 12.1. The van der Waals surface area contributed by atoms with E-state index in [4.69, 9.17) is 12.2 Å². The van der Waals surface area contributed by atoms with E-state index in [0.717, 1.165) is 5.69 Å². The van der Waals surface area contributed by atoms with Crippen molar-refractivity contribution in [2.24, 2.45) is 0 Å². The topological polar surface area (TPSA) is 62.7 Å². The lowest BCUT2D eigenvalue weighted by Crippen LogP contribution is -2.18. The predicted octanol–water partition coefficient (Wildman–Crippen LogP) is 3.25. The number of nitrogens with one attached hydrogen (secondary N) is 2. The lowest BCUT2D eigenvalue weighted by Gasteiger charge is -2.08. The molecule has 0 bridgehead atoms. The highest BCUT2D eigenvalue weighted by Crippen LogP contribution is 2.14. The Labute approximate surface area is 136 Å². The van der Waals surface area contributed by atoms with Gasteiger partial charge in [-0.1, -0.05) is 30.3 Å². The van der Waals surface area contributed by atoms with Gasteiger partial charge in [-0.2, -0.15) is 5.10 Å². The molecule has 23 heavy (non-hydrogen) atoms. The Morgan fingerprint density at radius 2 is 1.87 bits per heavy atom. The number of amides is 1. The molecule has 7 heteroatoms. The second-order valence-electron chi connectivity index (χ2n) is 4.82. The number of hydrogen-bond donors (Lipinski definition) is 2. The van der Waals surface area contributed by atoms with Crippen LogP contribution in [0.2, 0.25) is 0 Å². The van der Waals surface area contributed by atoms with Gasteiger partial charge in [0.15, 0.2) is 4.77 Å². The minimum Gasteiger partial charge on any atom is -0.323 e. The molecule has 0 aliphatic rings. The minimum absolute atomic E-state index is 0.0314. The number of carbonyl (C=O) groups is 1. The van der Waals surface area contributed by atoms with Crippen LogP contribution in [-0.4, -0.2) is 20.7 Å². The minimum atomic E-state index is -0.484. The van der Waals surface area contributed by atoms with E-state index in [9.17, 15) is 9.18 Å². The first kappa shape index (κ1) is 15.1. The fraction of sp³-hybridized carbons (Fsp3) is 0.0625. The van der Waals surface area contributed by atoms with Crippen molar-refractivity contribution in [3.05, 3.63) is 71.0 Å². The number of aromatic amines is 1. The highest BCUT2D eigenvalue weighted by atomic mass is 32.1. The summed E-state index contributed by atoms with van der Waals surface area (Å²) in [6, 6.07) is 15.4. The summed E-state index contributed by atoms with van der Waals surface area (Å²) in [5.74, 6) is -0.404. The average molecular weight is 328 g/mol. The number of rotatable bonds is 4. The molecular formula is C16H13FN4OS. The zero-order valence-electron chi connectivity index (χ0n) is 12.0. The van der Waals surface area contributed by atoms with Crippen molar-refractivity contribution in [2.45, 2.75) is 6.42 Å². The first-order valence-corrected chi connectivity index (χ1v) is 7.32. The molecular weight excluding hydrogens is 315 g/mol. The highest BCUT2D eigenvalue weighted by molar-refractivity contribution is 7.71. The molecule has 3 aromatic rings. The zero-order valence-corrected chi connectivity index (χ0v) is 12.8. The van der Waals surface area contributed by atoms with Gasteiger partial charge < -0.3 is 5.32 Å². The molecule has 0 radical (unpaired) electrons. The molecule has 0 unspecified atom stereocenters. The van der Waals surface area contributed by atoms with E-state index in [2.05, 4.69) is 15.5 Å². The van der Waals surface area contributed by atoms with Crippen LogP contribution in [0.1, 0.15) is 5.82 Å². The van der Waals surface area contributed by atoms with Gasteiger partial charge in [0.2, 0.25) is 5.91 Å². The fourth-order valence-corrected chi connectivity index (χ4v) is 2.45. The molecule has 0 spiro atoms. The summed E-state index contributed by atoms with van der Waals surface area (Å²) in [5.41, 5.74) is 0.942. The Bertz CT molecular complexity index is 888. The van der Waals surface area contributed by atoms with Gasteiger partial charge >= 0.3 is 0 Å². The molecule has 1 amide bonds. The van der Waals surface area contributed by atoms with Gasteiger partial charge in [-0.25, -0.2) is 4.39 Å². The first-order chi connectivity index (χ1) is 11.1. The molecule has 0 aliphatic heterocycles. The van der Waals surface area contributed by atoms with Crippen LogP contribution in [0.5, 0.6) is 0 Å². The molecule has 0 saturated carbocycles. The molecule has 1 aromatic heterocycles. The number of H-pyrrole nitrogens is 1. The molecule has 0 fully saturated rings. The zero-order chi connectivity index (χ0) is 16.2. The SMILES string of the molecule is O=C(Cc1n[nH]c(=S)n1-c1ccccc1)Nc1ccccc1F. The standard InChI is InChI=1S/C16H13FN4OS/c17-12-8-4-5-9-13(12)18-15(22)10-14-19-20-16(23)21(14)11-6-2-1-3-7-11/h1-9H,10H2,(H,18,22)(H,20,23). The number of nitrogens with zero attached hydrogens (tertiary/aromatic N) is 2. The van der Waals surface area contributed by atoms with Crippen molar-refractivity contribution in [2.75, 3.05) is 5.32 Å². The molecule has 2 N–H and O–H groups in total. The van der Waals surface area contributed by atoms with Crippen molar-refractivity contribution in [3.63, 3.8) is 0 Å². The number of carbonyl (C=O) groups excluding carboxylic acids is 1. The molecule has 0 saturated heterocycles. The molecule has 0 aliphatic carbocycles. The number of halogens is 1. The van der Waals surface area contributed by atoms with Gasteiger partial charge in [-0.3, -0.25) is 14.5 Å². The summed E-state index contributed by atoms with van der Waals surface area (Å²) in [7, 11) is 0. The maximum atomic E-state index is 13.6. The number of aromatic nitrogens is 3. The van der Waals surface area contributed by atoms with Crippen molar-refractivity contribution < 1.29 is 9.18 Å². The third-order valence-electron chi connectivity index (χ3n) is 3.22. The van der Waals surface area contributed by atoms with Crippen molar-refractivity contribution in [3.8, 4) is 5.69 Å². The smallest absolute Gasteiger partial charge is 0.232 e. The van der Waals surface area contributed by atoms with Gasteiger partial charge in [-0.05, 0) is 36.5 Å². The van der Waals surface area contributed by atoms with Crippen LogP contribution < -0.4 is 5.32 Å². The van der Waals surface area contributed by atoms with Gasteiger partial charge in [-0.15, -0.1) is 0 Å². The second-order valence-corrected chi connectivity index (χ2v) is 5.21. The monoisotopic (exact) mass is 328 g/mol.